The first-order valence-electron chi connectivity index (χ1n) is 7.20. The molecule has 1 aliphatic rings. The first-order valence-corrected chi connectivity index (χ1v) is 7.20. The lowest BCUT2D eigenvalue weighted by atomic mass is 10.2. The number of rotatable bonds is 3. The van der Waals surface area contributed by atoms with Gasteiger partial charge in [0.25, 0.3) is 5.89 Å². The molecule has 4 rings (SSSR count). The van der Waals surface area contributed by atoms with Crippen molar-refractivity contribution in [2.75, 3.05) is 13.7 Å². The van der Waals surface area contributed by atoms with Crippen molar-refractivity contribution in [3.05, 3.63) is 54.4 Å². The van der Waals surface area contributed by atoms with Crippen LogP contribution in [0.15, 0.2) is 52.9 Å². The maximum atomic E-state index is 5.86. The van der Waals surface area contributed by atoms with Crippen molar-refractivity contribution in [1.82, 2.24) is 10.2 Å². The van der Waals surface area contributed by atoms with Crippen LogP contribution < -0.4 is 14.2 Å². The smallest absolute Gasteiger partial charge is 0.260 e. The van der Waals surface area contributed by atoms with Gasteiger partial charge in [-0.25, -0.2) is 0 Å². The third-order valence-electron chi connectivity index (χ3n) is 3.56. The summed E-state index contributed by atoms with van der Waals surface area (Å²) in [6.07, 6.45) is -0.413. The number of methoxy groups -OCH3 is 1. The fraction of sp³-hybridized carbons (Fsp3) is 0.176. The molecule has 0 fully saturated rings. The van der Waals surface area contributed by atoms with Crippen molar-refractivity contribution >= 4 is 0 Å². The molecule has 1 aromatic heterocycles. The highest BCUT2D eigenvalue weighted by molar-refractivity contribution is 5.54. The molecule has 1 atom stereocenters. The topological polar surface area (TPSA) is 66.6 Å². The number of hydrogen-bond acceptors (Lipinski definition) is 6. The second kappa shape index (κ2) is 5.64. The van der Waals surface area contributed by atoms with Crippen molar-refractivity contribution in [3.63, 3.8) is 0 Å². The van der Waals surface area contributed by atoms with Gasteiger partial charge in [-0.05, 0) is 36.4 Å². The minimum absolute atomic E-state index is 0.335. The van der Waals surface area contributed by atoms with Gasteiger partial charge in [0, 0.05) is 5.56 Å². The Morgan fingerprint density at radius 2 is 1.78 bits per heavy atom. The summed E-state index contributed by atoms with van der Waals surface area (Å²) in [6, 6.07) is 14.9. The third-order valence-corrected chi connectivity index (χ3v) is 3.56. The normalized spacial score (nSPS) is 16.1. The van der Waals surface area contributed by atoms with Crippen molar-refractivity contribution in [3.8, 4) is 28.7 Å². The lowest BCUT2D eigenvalue weighted by Gasteiger charge is -2.23. The van der Waals surface area contributed by atoms with Gasteiger partial charge >= 0.3 is 0 Å². The Morgan fingerprint density at radius 3 is 2.57 bits per heavy atom. The SMILES string of the molecule is COc1ccc(-c2nnc([C@@H]3COc4ccccc4O3)o2)cc1. The van der Waals surface area contributed by atoms with Gasteiger partial charge in [0.2, 0.25) is 12.0 Å². The predicted molar refractivity (Wildman–Crippen MR) is 81.6 cm³/mol. The van der Waals surface area contributed by atoms with E-state index in [-0.39, 0.29) is 0 Å². The van der Waals surface area contributed by atoms with Crippen molar-refractivity contribution in [2.45, 2.75) is 6.10 Å². The lowest BCUT2D eigenvalue weighted by Crippen LogP contribution is -2.21. The van der Waals surface area contributed by atoms with Crippen LogP contribution in [0.2, 0.25) is 0 Å². The van der Waals surface area contributed by atoms with E-state index in [2.05, 4.69) is 10.2 Å². The maximum Gasteiger partial charge on any atom is 0.260 e. The van der Waals surface area contributed by atoms with Crippen LogP contribution in [0.5, 0.6) is 17.2 Å². The Hall–Kier alpha value is -3.02. The molecule has 3 aromatic rings. The number of benzene rings is 2. The molecular weight excluding hydrogens is 296 g/mol. The van der Waals surface area contributed by atoms with Crippen LogP contribution in [0, 0.1) is 0 Å². The fourth-order valence-electron chi connectivity index (χ4n) is 2.36. The van der Waals surface area contributed by atoms with Crippen molar-refractivity contribution in [1.29, 1.82) is 0 Å². The van der Waals surface area contributed by atoms with E-state index in [1.807, 2.05) is 48.5 Å². The van der Waals surface area contributed by atoms with E-state index in [4.69, 9.17) is 18.6 Å². The first kappa shape index (κ1) is 13.6. The third kappa shape index (κ3) is 2.59. The molecular formula is C17H14N2O4. The number of fused-ring (bicyclic) bond motifs is 1. The molecule has 0 aliphatic carbocycles. The van der Waals surface area contributed by atoms with Gasteiger partial charge in [0.05, 0.1) is 7.11 Å². The van der Waals surface area contributed by atoms with E-state index in [1.165, 1.54) is 0 Å². The zero-order chi connectivity index (χ0) is 15.6. The molecule has 6 heteroatoms. The summed E-state index contributed by atoms with van der Waals surface area (Å²) in [6.45, 7) is 0.335. The summed E-state index contributed by atoms with van der Waals surface area (Å²) in [5.41, 5.74) is 0.821. The summed E-state index contributed by atoms with van der Waals surface area (Å²) in [5, 5.41) is 8.16. The molecule has 0 bridgehead atoms. The molecule has 0 spiro atoms. The van der Waals surface area contributed by atoms with E-state index >= 15 is 0 Å². The highest BCUT2D eigenvalue weighted by Crippen LogP contribution is 2.36. The Morgan fingerprint density at radius 1 is 1.00 bits per heavy atom. The molecule has 23 heavy (non-hydrogen) atoms. The lowest BCUT2D eigenvalue weighted by molar-refractivity contribution is 0.0716. The molecule has 116 valence electrons. The molecule has 0 saturated heterocycles. The van der Waals surface area contributed by atoms with Gasteiger partial charge in [0.1, 0.15) is 12.4 Å². The second-order valence-electron chi connectivity index (χ2n) is 5.04. The van der Waals surface area contributed by atoms with Crippen LogP contribution in [-0.2, 0) is 0 Å². The number of ether oxygens (including phenoxy) is 3. The molecule has 0 N–H and O–H groups in total. The number of aromatic nitrogens is 2. The Balaban J connectivity index is 1.56. The highest BCUT2D eigenvalue weighted by atomic mass is 16.6. The van der Waals surface area contributed by atoms with Crippen LogP contribution in [0.25, 0.3) is 11.5 Å². The fourth-order valence-corrected chi connectivity index (χ4v) is 2.36. The Kier molecular flexibility index (Phi) is 3.34. The molecule has 0 radical (unpaired) electrons. The monoisotopic (exact) mass is 310 g/mol. The molecule has 0 unspecified atom stereocenters. The van der Waals surface area contributed by atoms with Crippen LogP contribution in [-0.4, -0.2) is 23.9 Å². The van der Waals surface area contributed by atoms with Gasteiger partial charge in [0.15, 0.2) is 11.5 Å². The standard InChI is InChI=1S/C17H14N2O4/c1-20-12-8-6-11(7-9-12)16-18-19-17(23-16)15-10-21-13-4-2-3-5-14(13)22-15/h2-9,15H,10H2,1H3/t15-/m0/s1. The van der Waals surface area contributed by atoms with Gasteiger partial charge in [-0.15, -0.1) is 10.2 Å². The zero-order valence-electron chi connectivity index (χ0n) is 12.4. The van der Waals surface area contributed by atoms with E-state index in [0.29, 0.717) is 24.1 Å². The van der Waals surface area contributed by atoms with Gasteiger partial charge < -0.3 is 18.6 Å². The second-order valence-corrected chi connectivity index (χ2v) is 5.04. The Bertz CT molecular complexity index is 813. The summed E-state index contributed by atoms with van der Waals surface area (Å²) >= 11 is 0. The molecule has 2 aromatic carbocycles. The number of para-hydroxylation sites is 2. The van der Waals surface area contributed by atoms with Crippen LogP contribution in [0.3, 0.4) is 0 Å². The van der Waals surface area contributed by atoms with Gasteiger partial charge in [-0.3, -0.25) is 0 Å². The summed E-state index contributed by atoms with van der Waals surface area (Å²) in [4.78, 5) is 0. The van der Waals surface area contributed by atoms with E-state index < -0.39 is 6.10 Å². The van der Waals surface area contributed by atoms with Gasteiger partial charge in [-0.2, -0.15) is 0 Å². The quantitative estimate of drug-likeness (QED) is 0.740. The molecule has 0 saturated carbocycles. The average Bonchev–Trinajstić information content (AvgIpc) is 3.11. The largest absolute Gasteiger partial charge is 0.497 e. The van der Waals surface area contributed by atoms with Crippen LogP contribution >= 0.6 is 0 Å². The van der Waals surface area contributed by atoms with E-state index in [9.17, 15) is 0 Å². The minimum Gasteiger partial charge on any atom is -0.497 e. The number of hydrogen-bond donors (Lipinski definition) is 0. The van der Waals surface area contributed by atoms with E-state index in [1.54, 1.807) is 7.11 Å². The van der Waals surface area contributed by atoms with E-state index in [0.717, 1.165) is 17.1 Å². The Labute approximate surface area is 132 Å². The molecule has 6 nitrogen and oxygen atoms in total. The summed E-state index contributed by atoms with van der Waals surface area (Å²) in [7, 11) is 1.62. The summed E-state index contributed by atoms with van der Waals surface area (Å²) < 4.78 is 22.4. The maximum absolute atomic E-state index is 5.86. The molecule has 1 aliphatic heterocycles. The average molecular weight is 310 g/mol. The minimum atomic E-state index is -0.413. The van der Waals surface area contributed by atoms with Crippen LogP contribution in [0.4, 0.5) is 0 Å². The predicted octanol–water partition coefficient (Wildman–Crippen LogP) is 3.26. The van der Waals surface area contributed by atoms with Crippen LogP contribution in [0.1, 0.15) is 12.0 Å². The van der Waals surface area contributed by atoms with Gasteiger partial charge in [-0.1, -0.05) is 12.1 Å². The molecule has 0 amide bonds. The molecule has 2 heterocycles. The van der Waals surface area contributed by atoms with Crippen molar-refractivity contribution < 1.29 is 18.6 Å². The highest BCUT2D eigenvalue weighted by Gasteiger charge is 2.27. The van der Waals surface area contributed by atoms with Crippen molar-refractivity contribution in [2.24, 2.45) is 0 Å². The summed E-state index contributed by atoms with van der Waals surface area (Å²) in [5.74, 6) is 3.00. The number of nitrogens with zero attached hydrogens (tertiary/aromatic N) is 2. The first-order chi connectivity index (χ1) is 11.3. The zero-order valence-corrected chi connectivity index (χ0v) is 12.4.